The molecule has 0 atom stereocenters. The normalized spacial score (nSPS) is 17.0. The van der Waals surface area contributed by atoms with Crippen molar-refractivity contribution < 1.29 is 19.2 Å². The Morgan fingerprint density at radius 2 is 1.78 bits per heavy atom. The summed E-state index contributed by atoms with van der Waals surface area (Å²) in [6.45, 7) is 1.40. The van der Waals surface area contributed by atoms with Gasteiger partial charge < -0.3 is 14.5 Å². The minimum atomic E-state index is -1.21. The summed E-state index contributed by atoms with van der Waals surface area (Å²) in [4.78, 5) is 24.5. The van der Waals surface area contributed by atoms with E-state index in [-0.39, 0.29) is 17.4 Å². The van der Waals surface area contributed by atoms with Crippen LogP contribution in [0.4, 0.5) is 0 Å². The van der Waals surface area contributed by atoms with E-state index in [4.69, 9.17) is 5.11 Å². The van der Waals surface area contributed by atoms with E-state index >= 15 is 0 Å². The lowest BCUT2D eigenvalue weighted by Crippen LogP contribution is -2.34. The van der Waals surface area contributed by atoms with Crippen molar-refractivity contribution in [3.63, 3.8) is 0 Å². The Kier molecular flexibility index (Phi) is 3.96. The van der Waals surface area contributed by atoms with Crippen molar-refractivity contribution >= 4 is 11.9 Å². The Morgan fingerprint density at radius 3 is 2.33 bits per heavy atom. The van der Waals surface area contributed by atoms with Crippen molar-refractivity contribution in [1.82, 2.24) is 10.1 Å². The molecule has 6 heteroatoms. The van der Waals surface area contributed by atoms with Gasteiger partial charge in [0.15, 0.2) is 5.69 Å². The van der Waals surface area contributed by atoms with E-state index in [1.165, 1.54) is 12.5 Å². The van der Waals surface area contributed by atoms with Crippen LogP contribution in [-0.2, 0) is 0 Å². The molecule has 6 nitrogen and oxygen atoms in total. The molecule has 0 saturated carbocycles. The number of rotatable bonds is 2. The number of hydrogen-bond donors (Lipinski definition) is 1. The molecule has 0 aliphatic carbocycles. The number of likely N-dealkylation sites (tertiary alicyclic amines) is 1. The van der Waals surface area contributed by atoms with E-state index in [1.807, 2.05) is 0 Å². The molecule has 0 unspecified atom stereocenters. The summed E-state index contributed by atoms with van der Waals surface area (Å²) in [5.41, 5.74) is 0.0768. The van der Waals surface area contributed by atoms with E-state index in [0.29, 0.717) is 13.1 Å². The number of carbonyl (C=O) groups is 2. The van der Waals surface area contributed by atoms with Gasteiger partial charge in [-0.05, 0) is 12.8 Å². The molecule has 1 aromatic heterocycles. The van der Waals surface area contributed by atoms with Gasteiger partial charge in [-0.3, -0.25) is 4.79 Å². The molecule has 2 rings (SSSR count). The van der Waals surface area contributed by atoms with Crippen LogP contribution in [0.25, 0.3) is 0 Å². The third-order valence-corrected chi connectivity index (χ3v) is 3.08. The zero-order valence-corrected chi connectivity index (χ0v) is 10.1. The van der Waals surface area contributed by atoms with E-state index in [2.05, 4.69) is 9.68 Å². The number of amides is 1. The molecule has 1 saturated heterocycles. The van der Waals surface area contributed by atoms with Crippen molar-refractivity contribution in [2.75, 3.05) is 13.1 Å². The SMILES string of the molecule is O=C(O)c1cc(C(=O)N2CCCCCCC2)no1. The van der Waals surface area contributed by atoms with Gasteiger partial charge in [-0.25, -0.2) is 4.79 Å². The summed E-state index contributed by atoms with van der Waals surface area (Å²) < 4.78 is 4.60. The van der Waals surface area contributed by atoms with Crippen LogP contribution in [0.2, 0.25) is 0 Å². The number of aromatic nitrogens is 1. The number of carboxylic acids is 1. The largest absolute Gasteiger partial charge is 0.475 e. The van der Waals surface area contributed by atoms with E-state index in [0.717, 1.165) is 25.7 Å². The van der Waals surface area contributed by atoms with Crippen LogP contribution in [0.5, 0.6) is 0 Å². The Hall–Kier alpha value is -1.85. The minimum Gasteiger partial charge on any atom is -0.475 e. The summed E-state index contributed by atoms with van der Waals surface area (Å²) in [5.74, 6) is -1.76. The number of hydrogen-bond acceptors (Lipinski definition) is 4. The van der Waals surface area contributed by atoms with Crippen molar-refractivity contribution in [1.29, 1.82) is 0 Å². The van der Waals surface area contributed by atoms with Gasteiger partial charge >= 0.3 is 5.97 Å². The fourth-order valence-corrected chi connectivity index (χ4v) is 2.09. The lowest BCUT2D eigenvalue weighted by molar-refractivity contribution is 0.0648. The molecule has 18 heavy (non-hydrogen) atoms. The fraction of sp³-hybridized carbons (Fsp3) is 0.583. The summed E-state index contributed by atoms with van der Waals surface area (Å²) in [5, 5.41) is 12.2. The molecular weight excluding hydrogens is 236 g/mol. The monoisotopic (exact) mass is 252 g/mol. The Bertz CT molecular complexity index is 433. The van der Waals surface area contributed by atoms with Crippen molar-refractivity contribution in [3.05, 3.63) is 17.5 Å². The van der Waals surface area contributed by atoms with Gasteiger partial charge in [0.05, 0.1) is 0 Å². The van der Waals surface area contributed by atoms with E-state index < -0.39 is 5.97 Å². The fourth-order valence-electron chi connectivity index (χ4n) is 2.09. The third-order valence-electron chi connectivity index (χ3n) is 3.08. The second-order valence-electron chi connectivity index (χ2n) is 4.44. The smallest absolute Gasteiger partial charge is 0.374 e. The predicted molar refractivity (Wildman–Crippen MR) is 62.5 cm³/mol. The first-order valence-electron chi connectivity index (χ1n) is 6.18. The first-order valence-corrected chi connectivity index (χ1v) is 6.18. The minimum absolute atomic E-state index is 0.0768. The van der Waals surface area contributed by atoms with Gasteiger partial charge in [0, 0.05) is 19.2 Å². The zero-order chi connectivity index (χ0) is 13.0. The molecule has 1 aliphatic rings. The molecule has 98 valence electrons. The number of nitrogens with zero attached hydrogens (tertiary/aromatic N) is 2. The zero-order valence-electron chi connectivity index (χ0n) is 10.1. The van der Waals surface area contributed by atoms with Crippen LogP contribution in [0.15, 0.2) is 10.6 Å². The van der Waals surface area contributed by atoms with Gasteiger partial charge in [0.1, 0.15) is 0 Å². The molecule has 1 aromatic rings. The van der Waals surface area contributed by atoms with Crippen LogP contribution >= 0.6 is 0 Å². The number of aromatic carboxylic acids is 1. The van der Waals surface area contributed by atoms with Gasteiger partial charge in [-0.2, -0.15) is 0 Å². The van der Waals surface area contributed by atoms with Crippen LogP contribution in [-0.4, -0.2) is 40.1 Å². The molecule has 0 aromatic carbocycles. The molecular formula is C12H16N2O4. The molecule has 1 amide bonds. The standard InChI is InChI=1S/C12H16N2O4/c15-11(9-8-10(12(16)17)18-13-9)14-6-4-2-1-3-5-7-14/h8H,1-7H2,(H,16,17). The maximum atomic E-state index is 12.1. The Balaban J connectivity index is 2.05. The highest BCUT2D eigenvalue weighted by Gasteiger charge is 2.22. The first kappa shape index (κ1) is 12.6. The van der Waals surface area contributed by atoms with Crippen LogP contribution in [0, 0.1) is 0 Å². The third kappa shape index (κ3) is 2.88. The maximum Gasteiger partial charge on any atom is 0.374 e. The Labute approximate surface area is 105 Å². The first-order chi connectivity index (χ1) is 8.68. The Morgan fingerprint density at radius 1 is 1.17 bits per heavy atom. The highest BCUT2D eigenvalue weighted by Crippen LogP contribution is 2.13. The van der Waals surface area contributed by atoms with Crippen molar-refractivity contribution in [3.8, 4) is 0 Å². The predicted octanol–water partition coefficient (Wildman–Crippen LogP) is 1.78. The molecule has 1 N–H and O–H groups in total. The van der Waals surface area contributed by atoms with E-state index in [1.54, 1.807) is 4.90 Å². The lowest BCUT2D eigenvalue weighted by Gasteiger charge is -2.23. The average Bonchev–Trinajstić information content (AvgIpc) is 2.77. The van der Waals surface area contributed by atoms with E-state index in [9.17, 15) is 9.59 Å². The summed E-state index contributed by atoms with van der Waals surface area (Å²) in [6, 6.07) is 1.18. The molecule has 1 fully saturated rings. The molecule has 1 aliphatic heterocycles. The second kappa shape index (κ2) is 5.66. The van der Waals surface area contributed by atoms with Crippen LogP contribution < -0.4 is 0 Å². The van der Waals surface area contributed by atoms with Crippen molar-refractivity contribution in [2.45, 2.75) is 32.1 Å². The van der Waals surface area contributed by atoms with Gasteiger partial charge in [0.2, 0.25) is 5.76 Å². The maximum absolute atomic E-state index is 12.1. The van der Waals surface area contributed by atoms with Gasteiger partial charge in [0.25, 0.3) is 5.91 Å². The van der Waals surface area contributed by atoms with Crippen LogP contribution in [0.3, 0.4) is 0 Å². The highest BCUT2D eigenvalue weighted by molar-refractivity contribution is 5.94. The molecule has 2 heterocycles. The lowest BCUT2D eigenvalue weighted by atomic mass is 10.1. The van der Waals surface area contributed by atoms with Crippen LogP contribution in [0.1, 0.15) is 53.1 Å². The second-order valence-corrected chi connectivity index (χ2v) is 4.44. The van der Waals surface area contributed by atoms with Gasteiger partial charge in [-0.15, -0.1) is 0 Å². The summed E-state index contributed by atoms with van der Waals surface area (Å²) >= 11 is 0. The highest BCUT2D eigenvalue weighted by atomic mass is 16.5. The average molecular weight is 252 g/mol. The quantitative estimate of drug-likeness (QED) is 0.867. The molecule has 0 bridgehead atoms. The van der Waals surface area contributed by atoms with Gasteiger partial charge in [-0.1, -0.05) is 24.4 Å². The topological polar surface area (TPSA) is 83.6 Å². The molecule has 0 radical (unpaired) electrons. The van der Waals surface area contributed by atoms with Crippen molar-refractivity contribution in [2.24, 2.45) is 0 Å². The number of carboxylic acid groups (broad SMARTS) is 1. The molecule has 0 spiro atoms. The number of carbonyl (C=O) groups excluding carboxylic acids is 1. The summed E-state index contributed by atoms with van der Waals surface area (Å²) in [7, 11) is 0. The summed E-state index contributed by atoms with van der Waals surface area (Å²) in [6.07, 6.45) is 5.44.